The molecule has 4 heteroatoms. The zero-order chi connectivity index (χ0) is 11.5. The first-order valence-corrected chi connectivity index (χ1v) is 7.49. The van der Waals surface area contributed by atoms with Crippen LogP contribution in [0.5, 0.6) is 0 Å². The number of thiophene rings is 1. The molecule has 0 bridgehead atoms. The molecule has 2 nitrogen and oxygen atoms in total. The number of piperidine rings is 1. The van der Waals surface area contributed by atoms with Crippen molar-refractivity contribution in [1.82, 2.24) is 10.2 Å². The Bertz CT molecular complexity index is 340. The quantitative estimate of drug-likeness (QED) is 0.923. The first-order chi connectivity index (χ1) is 7.69. The third-order valence-electron chi connectivity index (χ3n) is 3.36. The van der Waals surface area contributed by atoms with E-state index in [0.29, 0.717) is 6.04 Å². The second-order valence-corrected chi connectivity index (χ2v) is 6.54. The minimum Gasteiger partial charge on any atom is -0.317 e. The Morgan fingerprint density at radius 2 is 2.44 bits per heavy atom. The standard InChI is InChI=1S/C12H19BrN2S/c1-9-6-15(4-3-12(9)14-2)7-11-5-10(13)8-16-11/h5,8-9,12,14H,3-4,6-7H2,1-2H3. The topological polar surface area (TPSA) is 15.3 Å². The summed E-state index contributed by atoms with van der Waals surface area (Å²) in [6.45, 7) is 5.88. The van der Waals surface area contributed by atoms with E-state index in [9.17, 15) is 0 Å². The molecule has 90 valence electrons. The van der Waals surface area contributed by atoms with Gasteiger partial charge < -0.3 is 5.32 Å². The van der Waals surface area contributed by atoms with Crippen molar-refractivity contribution in [3.8, 4) is 0 Å². The van der Waals surface area contributed by atoms with Gasteiger partial charge in [-0.05, 0) is 41.4 Å². The SMILES string of the molecule is CNC1CCN(Cc2cc(Br)cs2)CC1C. The van der Waals surface area contributed by atoms with Crippen LogP contribution in [-0.2, 0) is 6.54 Å². The molecular weight excluding hydrogens is 284 g/mol. The van der Waals surface area contributed by atoms with Crippen molar-refractivity contribution in [2.24, 2.45) is 5.92 Å². The van der Waals surface area contributed by atoms with Gasteiger partial charge in [0.05, 0.1) is 0 Å². The van der Waals surface area contributed by atoms with Gasteiger partial charge in [0.15, 0.2) is 0 Å². The van der Waals surface area contributed by atoms with E-state index in [2.05, 4.69) is 51.6 Å². The predicted molar refractivity (Wildman–Crippen MR) is 73.9 cm³/mol. The molecule has 1 N–H and O–H groups in total. The molecular formula is C12H19BrN2S. The van der Waals surface area contributed by atoms with E-state index >= 15 is 0 Å². The van der Waals surface area contributed by atoms with Crippen LogP contribution in [0.25, 0.3) is 0 Å². The van der Waals surface area contributed by atoms with Crippen molar-refractivity contribution in [3.63, 3.8) is 0 Å². The Hall–Kier alpha value is 0.1000. The highest BCUT2D eigenvalue weighted by Crippen LogP contribution is 2.24. The summed E-state index contributed by atoms with van der Waals surface area (Å²) in [6.07, 6.45) is 1.27. The fourth-order valence-electron chi connectivity index (χ4n) is 2.46. The third-order valence-corrected chi connectivity index (χ3v) is 5.04. The molecule has 0 radical (unpaired) electrons. The van der Waals surface area contributed by atoms with Gasteiger partial charge in [-0.15, -0.1) is 11.3 Å². The van der Waals surface area contributed by atoms with Gasteiger partial charge >= 0.3 is 0 Å². The molecule has 1 aliphatic heterocycles. The van der Waals surface area contributed by atoms with Crippen molar-refractivity contribution < 1.29 is 0 Å². The molecule has 1 fully saturated rings. The molecule has 1 aliphatic rings. The van der Waals surface area contributed by atoms with Crippen LogP contribution < -0.4 is 5.32 Å². The Kier molecular flexibility index (Phi) is 4.41. The lowest BCUT2D eigenvalue weighted by molar-refractivity contribution is 0.146. The van der Waals surface area contributed by atoms with Crippen LogP contribution in [0.4, 0.5) is 0 Å². The van der Waals surface area contributed by atoms with Gasteiger partial charge in [-0.3, -0.25) is 4.90 Å². The predicted octanol–water partition coefficient (Wildman–Crippen LogP) is 2.94. The molecule has 2 unspecified atom stereocenters. The molecule has 2 atom stereocenters. The van der Waals surface area contributed by atoms with Gasteiger partial charge in [0, 0.05) is 40.4 Å². The van der Waals surface area contributed by atoms with Gasteiger partial charge in [-0.25, -0.2) is 0 Å². The summed E-state index contributed by atoms with van der Waals surface area (Å²) in [5.74, 6) is 0.752. The number of hydrogen-bond donors (Lipinski definition) is 1. The van der Waals surface area contributed by atoms with Gasteiger partial charge in [-0.1, -0.05) is 6.92 Å². The zero-order valence-corrected chi connectivity index (χ0v) is 12.3. The average Bonchev–Trinajstić information content (AvgIpc) is 2.64. The Balaban J connectivity index is 1.88. The highest BCUT2D eigenvalue weighted by atomic mass is 79.9. The highest BCUT2D eigenvalue weighted by Gasteiger charge is 2.24. The van der Waals surface area contributed by atoms with E-state index in [1.54, 1.807) is 0 Å². The molecule has 0 saturated carbocycles. The van der Waals surface area contributed by atoms with Crippen molar-refractivity contribution in [2.75, 3.05) is 20.1 Å². The smallest absolute Gasteiger partial charge is 0.0328 e. The summed E-state index contributed by atoms with van der Waals surface area (Å²) in [5.41, 5.74) is 0. The molecule has 0 spiro atoms. The van der Waals surface area contributed by atoms with E-state index in [1.165, 1.54) is 28.9 Å². The molecule has 1 aromatic rings. The number of nitrogens with zero attached hydrogens (tertiary/aromatic N) is 1. The normalized spacial score (nSPS) is 27.2. The van der Waals surface area contributed by atoms with Gasteiger partial charge in [0.25, 0.3) is 0 Å². The number of likely N-dealkylation sites (tertiary alicyclic amines) is 1. The maximum atomic E-state index is 3.51. The maximum absolute atomic E-state index is 3.51. The molecule has 0 aliphatic carbocycles. The monoisotopic (exact) mass is 302 g/mol. The van der Waals surface area contributed by atoms with Crippen molar-refractivity contribution in [1.29, 1.82) is 0 Å². The summed E-state index contributed by atoms with van der Waals surface area (Å²) in [5, 5.41) is 5.58. The number of hydrogen-bond acceptors (Lipinski definition) is 3. The van der Waals surface area contributed by atoms with Crippen molar-refractivity contribution >= 4 is 27.3 Å². The van der Waals surface area contributed by atoms with E-state index in [0.717, 1.165) is 12.5 Å². The highest BCUT2D eigenvalue weighted by molar-refractivity contribution is 9.10. The van der Waals surface area contributed by atoms with Crippen LogP contribution in [-0.4, -0.2) is 31.1 Å². The number of nitrogens with one attached hydrogen (secondary N) is 1. The lowest BCUT2D eigenvalue weighted by Gasteiger charge is -2.36. The van der Waals surface area contributed by atoms with E-state index in [1.807, 2.05) is 11.3 Å². The Labute approximate surface area is 110 Å². The number of halogens is 1. The van der Waals surface area contributed by atoms with Crippen LogP contribution in [0.15, 0.2) is 15.9 Å². The van der Waals surface area contributed by atoms with Crippen molar-refractivity contribution in [2.45, 2.75) is 25.9 Å². The Morgan fingerprint density at radius 1 is 1.62 bits per heavy atom. The summed E-state index contributed by atoms with van der Waals surface area (Å²) < 4.78 is 1.21. The van der Waals surface area contributed by atoms with Crippen LogP contribution in [0.2, 0.25) is 0 Å². The van der Waals surface area contributed by atoms with E-state index in [4.69, 9.17) is 0 Å². The first-order valence-electron chi connectivity index (χ1n) is 5.81. The van der Waals surface area contributed by atoms with Gasteiger partial charge in [-0.2, -0.15) is 0 Å². The second kappa shape index (κ2) is 5.63. The molecule has 16 heavy (non-hydrogen) atoms. The Morgan fingerprint density at radius 3 is 3.00 bits per heavy atom. The lowest BCUT2D eigenvalue weighted by atomic mass is 9.94. The minimum absolute atomic E-state index is 0.700. The molecule has 1 aromatic heterocycles. The molecule has 2 rings (SSSR count). The summed E-state index contributed by atoms with van der Waals surface area (Å²) in [4.78, 5) is 4.03. The summed E-state index contributed by atoms with van der Waals surface area (Å²) in [6, 6.07) is 2.94. The lowest BCUT2D eigenvalue weighted by Crippen LogP contribution is -2.46. The summed E-state index contributed by atoms with van der Waals surface area (Å²) >= 11 is 5.36. The minimum atomic E-state index is 0.700. The second-order valence-electron chi connectivity index (χ2n) is 4.63. The fourth-order valence-corrected chi connectivity index (χ4v) is 3.95. The summed E-state index contributed by atoms with van der Waals surface area (Å²) in [7, 11) is 2.08. The van der Waals surface area contributed by atoms with E-state index < -0.39 is 0 Å². The third kappa shape index (κ3) is 3.06. The van der Waals surface area contributed by atoms with E-state index in [-0.39, 0.29) is 0 Å². The van der Waals surface area contributed by atoms with Crippen molar-refractivity contribution in [3.05, 3.63) is 20.8 Å². The van der Waals surface area contributed by atoms with Gasteiger partial charge in [0.1, 0.15) is 0 Å². The fraction of sp³-hybridized carbons (Fsp3) is 0.667. The maximum Gasteiger partial charge on any atom is 0.0328 e. The largest absolute Gasteiger partial charge is 0.317 e. The first kappa shape index (κ1) is 12.6. The van der Waals surface area contributed by atoms with Crippen LogP contribution in [0.1, 0.15) is 18.2 Å². The molecule has 0 aromatic carbocycles. The molecule has 1 saturated heterocycles. The average molecular weight is 303 g/mol. The molecule has 0 amide bonds. The molecule has 2 heterocycles. The number of rotatable bonds is 3. The zero-order valence-electron chi connectivity index (χ0n) is 9.87. The van der Waals surface area contributed by atoms with Crippen LogP contribution in [0.3, 0.4) is 0 Å². The van der Waals surface area contributed by atoms with Gasteiger partial charge in [0.2, 0.25) is 0 Å². The van der Waals surface area contributed by atoms with Crippen LogP contribution in [0, 0.1) is 5.92 Å². The van der Waals surface area contributed by atoms with Crippen LogP contribution >= 0.6 is 27.3 Å².